The highest BCUT2D eigenvalue weighted by Gasteiger charge is 2.49. The molecule has 1 aliphatic rings. The van der Waals surface area contributed by atoms with E-state index >= 15 is 0 Å². The van der Waals surface area contributed by atoms with Crippen molar-refractivity contribution in [3.8, 4) is 6.07 Å². The summed E-state index contributed by atoms with van der Waals surface area (Å²) in [5, 5.41) is 11.7. The summed E-state index contributed by atoms with van der Waals surface area (Å²) in [6.07, 6.45) is 0. The molecule has 30 heavy (non-hydrogen) atoms. The van der Waals surface area contributed by atoms with Crippen LogP contribution in [0.5, 0.6) is 0 Å². The molecule has 3 rings (SSSR count). The van der Waals surface area contributed by atoms with Gasteiger partial charge in [-0.15, -0.1) is 0 Å². The molecule has 7 nitrogen and oxygen atoms in total. The molecule has 0 spiro atoms. The Morgan fingerprint density at radius 3 is 2.50 bits per heavy atom. The molecule has 0 radical (unpaired) electrons. The zero-order valence-electron chi connectivity index (χ0n) is 16.8. The van der Waals surface area contributed by atoms with Crippen molar-refractivity contribution in [3.05, 3.63) is 65.5 Å². The number of amides is 4. The molecule has 0 bridgehead atoms. The maximum absolute atomic E-state index is 13.2. The molecule has 0 aromatic heterocycles. The van der Waals surface area contributed by atoms with Crippen LogP contribution < -0.4 is 10.2 Å². The number of anilines is 1. The van der Waals surface area contributed by atoms with Crippen molar-refractivity contribution in [2.24, 2.45) is 0 Å². The molecule has 1 heterocycles. The number of imide groups is 1. The Morgan fingerprint density at radius 1 is 1.23 bits per heavy atom. The maximum Gasteiger partial charge on any atom is 0.325 e. The first-order valence-corrected chi connectivity index (χ1v) is 9.39. The largest absolute Gasteiger partial charge is 0.325 e. The average molecular weight is 408 g/mol. The third kappa shape index (κ3) is 3.74. The summed E-state index contributed by atoms with van der Waals surface area (Å²) in [5.41, 5.74) is -0.0825. The quantitative estimate of drug-likeness (QED) is 0.770. The van der Waals surface area contributed by atoms with Gasteiger partial charge in [-0.2, -0.15) is 5.26 Å². The van der Waals surface area contributed by atoms with Crippen LogP contribution in [-0.4, -0.2) is 35.3 Å². The van der Waals surface area contributed by atoms with Gasteiger partial charge in [0.15, 0.2) is 0 Å². The first-order valence-electron chi connectivity index (χ1n) is 9.39. The minimum Gasteiger partial charge on any atom is -0.319 e. The van der Waals surface area contributed by atoms with Crippen LogP contribution in [0, 0.1) is 17.1 Å². The summed E-state index contributed by atoms with van der Waals surface area (Å²) >= 11 is 0. The molecular formula is C22H21FN4O3. The van der Waals surface area contributed by atoms with Crippen LogP contribution in [0.3, 0.4) is 0 Å². The summed E-state index contributed by atoms with van der Waals surface area (Å²) in [4.78, 5) is 40.9. The van der Waals surface area contributed by atoms with Crippen LogP contribution in [0.15, 0.2) is 48.5 Å². The van der Waals surface area contributed by atoms with Gasteiger partial charge in [0.25, 0.3) is 5.91 Å². The van der Waals surface area contributed by atoms with E-state index in [-0.39, 0.29) is 6.04 Å². The van der Waals surface area contributed by atoms with E-state index in [1.807, 2.05) is 6.07 Å². The highest BCUT2D eigenvalue weighted by Crippen LogP contribution is 2.29. The van der Waals surface area contributed by atoms with E-state index in [1.165, 1.54) is 36.1 Å². The molecule has 2 aromatic rings. The summed E-state index contributed by atoms with van der Waals surface area (Å²) in [7, 11) is 0. The fraction of sp³-hybridized carbons (Fsp3) is 0.273. The molecule has 1 fully saturated rings. The van der Waals surface area contributed by atoms with Crippen molar-refractivity contribution < 1.29 is 18.8 Å². The number of hydrogen-bond donors (Lipinski definition) is 1. The smallest absolute Gasteiger partial charge is 0.319 e. The first kappa shape index (κ1) is 21.0. The fourth-order valence-corrected chi connectivity index (χ4v) is 3.49. The van der Waals surface area contributed by atoms with Gasteiger partial charge in [0.2, 0.25) is 5.91 Å². The summed E-state index contributed by atoms with van der Waals surface area (Å²) < 4.78 is 13.2. The molecule has 0 saturated carbocycles. The summed E-state index contributed by atoms with van der Waals surface area (Å²) in [5.74, 6) is -1.52. The van der Waals surface area contributed by atoms with E-state index in [0.717, 1.165) is 4.90 Å². The molecule has 1 aliphatic heterocycles. The second kappa shape index (κ2) is 7.95. The van der Waals surface area contributed by atoms with Crippen molar-refractivity contribution in [2.45, 2.75) is 32.4 Å². The Labute approximate surface area is 173 Å². The fourth-order valence-electron chi connectivity index (χ4n) is 3.49. The number of nitrogens with zero attached hydrogens (tertiary/aromatic N) is 3. The van der Waals surface area contributed by atoms with Gasteiger partial charge in [-0.1, -0.05) is 18.2 Å². The monoisotopic (exact) mass is 408 g/mol. The van der Waals surface area contributed by atoms with E-state index in [2.05, 4.69) is 5.32 Å². The molecule has 0 aliphatic carbocycles. The number of urea groups is 1. The van der Waals surface area contributed by atoms with Crippen molar-refractivity contribution >= 4 is 23.5 Å². The normalized spacial score (nSPS) is 18.3. The van der Waals surface area contributed by atoms with Gasteiger partial charge in [-0.3, -0.25) is 14.5 Å². The third-order valence-corrected chi connectivity index (χ3v) is 5.03. The zero-order valence-corrected chi connectivity index (χ0v) is 16.8. The molecule has 154 valence electrons. The molecule has 4 amide bonds. The molecule has 1 unspecified atom stereocenters. The van der Waals surface area contributed by atoms with Crippen LogP contribution in [-0.2, 0) is 15.1 Å². The number of nitrogens with one attached hydrogen (secondary N) is 1. The van der Waals surface area contributed by atoms with Gasteiger partial charge in [0, 0.05) is 11.7 Å². The average Bonchev–Trinajstić information content (AvgIpc) is 2.92. The number of rotatable bonds is 5. The number of carbonyl (C=O) groups is 3. The van der Waals surface area contributed by atoms with Gasteiger partial charge < -0.3 is 10.2 Å². The lowest BCUT2D eigenvalue weighted by atomic mass is 9.92. The highest BCUT2D eigenvalue weighted by molar-refractivity contribution is 6.10. The molecule has 1 N–H and O–H groups in total. The zero-order chi connectivity index (χ0) is 22.1. The summed E-state index contributed by atoms with van der Waals surface area (Å²) in [6, 6.07) is 12.9. The van der Waals surface area contributed by atoms with Gasteiger partial charge in [-0.25, -0.2) is 9.18 Å². The summed E-state index contributed by atoms with van der Waals surface area (Å²) in [6.45, 7) is 4.65. The predicted molar refractivity (Wildman–Crippen MR) is 108 cm³/mol. The Hall–Kier alpha value is -3.73. The molecular weight excluding hydrogens is 387 g/mol. The van der Waals surface area contributed by atoms with E-state index in [9.17, 15) is 18.8 Å². The number of hydrogen-bond acceptors (Lipinski definition) is 4. The lowest BCUT2D eigenvalue weighted by Crippen LogP contribution is -2.46. The number of halogens is 1. The number of nitriles is 1. The van der Waals surface area contributed by atoms with Gasteiger partial charge in [-0.05, 0) is 56.7 Å². The minimum absolute atomic E-state index is 0.268. The molecule has 8 heteroatoms. The van der Waals surface area contributed by atoms with Crippen LogP contribution >= 0.6 is 0 Å². The Bertz CT molecular complexity index is 1050. The third-order valence-electron chi connectivity index (χ3n) is 5.03. The van der Waals surface area contributed by atoms with Crippen LogP contribution in [0.4, 0.5) is 14.9 Å². The first-order chi connectivity index (χ1) is 14.2. The topological polar surface area (TPSA) is 93.5 Å². The van der Waals surface area contributed by atoms with E-state index in [0.29, 0.717) is 16.8 Å². The van der Waals surface area contributed by atoms with Crippen molar-refractivity contribution in [1.29, 1.82) is 5.26 Å². The van der Waals surface area contributed by atoms with Gasteiger partial charge in [0.05, 0.1) is 11.6 Å². The number of carbonyl (C=O) groups excluding carboxylic acids is 3. The molecule has 1 atom stereocenters. The predicted octanol–water partition coefficient (Wildman–Crippen LogP) is 2.91. The highest BCUT2D eigenvalue weighted by atomic mass is 19.1. The second-order valence-corrected chi connectivity index (χ2v) is 7.47. The lowest BCUT2D eigenvalue weighted by Gasteiger charge is -2.28. The molecule has 1 saturated heterocycles. The van der Waals surface area contributed by atoms with Crippen LogP contribution in [0.1, 0.15) is 31.9 Å². The van der Waals surface area contributed by atoms with Crippen molar-refractivity contribution in [2.75, 3.05) is 11.4 Å². The molecule has 2 aromatic carbocycles. The Kier molecular flexibility index (Phi) is 5.56. The van der Waals surface area contributed by atoms with E-state index in [1.54, 1.807) is 38.1 Å². The van der Waals surface area contributed by atoms with Gasteiger partial charge in [0.1, 0.15) is 17.9 Å². The minimum atomic E-state index is -1.39. The van der Waals surface area contributed by atoms with Gasteiger partial charge >= 0.3 is 6.03 Å². The maximum atomic E-state index is 13.2. The van der Waals surface area contributed by atoms with E-state index < -0.39 is 35.7 Å². The van der Waals surface area contributed by atoms with Crippen LogP contribution in [0.2, 0.25) is 0 Å². The Balaban J connectivity index is 1.86. The lowest BCUT2D eigenvalue weighted by molar-refractivity contribution is -0.134. The van der Waals surface area contributed by atoms with E-state index in [4.69, 9.17) is 5.26 Å². The standard InChI is InChI=1S/C22H21FN4O3/c1-14(2)27(18-6-4-5-15(11-18)12-24)19(28)13-26-20(29)22(3,25-21(26)30)16-7-9-17(23)10-8-16/h4-11,14H,13H2,1-3H3,(H,25,30). The van der Waals surface area contributed by atoms with Crippen molar-refractivity contribution in [1.82, 2.24) is 10.2 Å². The number of benzene rings is 2. The van der Waals surface area contributed by atoms with Crippen molar-refractivity contribution in [3.63, 3.8) is 0 Å². The SMILES string of the molecule is CC(C)N(C(=O)CN1C(=O)NC(C)(c2ccc(F)cc2)C1=O)c1cccc(C#N)c1. The Morgan fingerprint density at radius 2 is 1.90 bits per heavy atom. The second-order valence-electron chi connectivity index (χ2n) is 7.47. The van der Waals surface area contributed by atoms with Crippen LogP contribution in [0.25, 0.3) is 0 Å².